The first-order valence-corrected chi connectivity index (χ1v) is 7.55. The Kier molecular flexibility index (Phi) is 5.62. The lowest BCUT2D eigenvalue weighted by Gasteiger charge is -2.37. The molecule has 2 saturated heterocycles. The molecule has 116 valence electrons. The third-order valence-electron chi connectivity index (χ3n) is 4.42. The molecule has 21 heavy (non-hydrogen) atoms. The van der Waals surface area contributed by atoms with E-state index < -0.39 is 0 Å². The number of nitrogens with one attached hydrogen (secondary N) is 1. The first kappa shape index (κ1) is 16.3. The Morgan fingerprint density at radius 3 is 2.62 bits per heavy atom. The van der Waals surface area contributed by atoms with Gasteiger partial charge in [0.2, 0.25) is 0 Å². The summed E-state index contributed by atoms with van der Waals surface area (Å²) < 4.78 is 0. The monoisotopic (exact) mass is 309 g/mol. The van der Waals surface area contributed by atoms with Crippen LogP contribution in [0.15, 0.2) is 24.3 Å². The van der Waals surface area contributed by atoms with Gasteiger partial charge in [-0.25, -0.2) is 0 Å². The van der Waals surface area contributed by atoms with Gasteiger partial charge in [0.15, 0.2) is 0 Å². The lowest BCUT2D eigenvalue weighted by molar-refractivity contribution is 0.0584. The van der Waals surface area contributed by atoms with E-state index in [-0.39, 0.29) is 18.3 Å². The van der Waals surface area contributed by atoms with E-state index in [0.717, 1.165) is 50.4 Å². The summed E-state index contributed by atoms with van der Waals surface area (Å²) in [5, 5.41) is 3.41. The highest BCUT2D eigenvalue weighted by molar-refractivity contribution is 5.94. The fourth-order valence-electron chi connectivity index (χ4n) is 3.20. The molecule has 2 aliphatic heterocycles. The van der Waals surface area contributed by atoms with Crippen molar-refractivity contribution in [2.75, 3.05) is 39.3 Å². The molecule has 0 aliphatic carbocycles. The van der Waals surface area contributed by atoms with E-state index in [2.05, 4.69) is 10.2 Å². The van der Waals surface area contributed by atoms with Crippen molar-refractivity contribution < 1.29 is 4.79 Å². The molecule has 0 radical (unpaired) electrons. The zero-order chi connectivity index (χ0) is 13.9. The minimum atomic E-state index is 0. The Morgan fingerprint density at radius 2 is 2.00 bits per heavy atom. The quantitative estimate of drug-likeness (QED) is 0.900. The maximum absolute atomic E-state index is 12.5. The molecule has 0 spiro atoms. The number of nitrogens with zero attached hydrogens (tertiary/aromatic N) is 2. The number of benzene rings is 1. The molecule has 2 heterocycles. The van der Waals surface area contributed by atoms with E-state index in [1.165, 1.54) is 6.42 Å². The van der Waals surface area contributed by atoms with Crippen molar-refractivity contribution in [3.05, 3.63) is 35.4 Å². The number of piperazine rings is 1. The Balaban J connectivity index is 0.00000161. The first-order valence-electron chi connectivity index (χ1n) is 7.55. The van der Waals surface area contributed by atoms with Crippen LogP contribution in [-0.4, -0.2) is 61.0 Å². The normalized spacial score (nSPS) is 22.9. The second-order valence-electron chi connectivity index (χ2n) is 5.84. The molecule has 1 aromatic carbocycles. The zero-order valence-electron chi connectivity index (χ0n) is 12.5. The average molecular weight is 310 g/mol. The number of aryl methyl sites for hydroxylation is 1. The van der Waals surface area contributed by atoms with Crippen molar-refractivity contribution in [2.24, 2.45) is 0 Å². The van der Waals surface area contributed by atoms with Gasteiger partial charge in [-0.2, -0.15) is 0 Å². The standard InChI is InChI=1S/C16H23N3O.ClH/c1-13-3-2-4-14(11-13)16(20)19-9-7-18(8-10-19)15-5-6-17-12-15;/h2-4,11,15,17H,5-10,12H2,1H3;1H. The molecule has 1 unspecified atom stereocenters. The van der Waals surface area contributed by atoms with Gasteiger partial charge in [0.05, 0.1) is 0 Å². The van der Waals surface area contributed by atoms with Crippen molar-refractivity contribution in [3.8, 4) is 0 Å². The molecule has 1 atom stereocenters. The average Bonchev–Trinajstić information content (AvgIpc) is 3.01. The summed E-state index contributed by atoms with van der Waals surface area (Å²) in [5.74, 6) is 0.179. The second-order valence-corrected chi connectivity index (χ2v) is 5.84. The number of rotatable bonds is 2. The molecule has 3 rings (SSSR count). The lowest BCUT2D eigenvalue weighted by Crippen LogP contribution is -2.52. The van der Waals surface area contributed by atoms with Gasteiger partial charge in [0, 0.05) is 44.3 Å². The summed E-state index contributed by atoms with van der Waals surface area (Å²) in [6.45, 7) is 7.97. The first-order chi connectivity index (χ1) is 9.74. The van der Waals surface area contributed by atoms with Gasteiger partial charge in [0.1, 0.15) is 0 Å². The van der Waals surface area contributed by atoms with Gasteiger partial charge in [-0.05, 0) is 32.0 Å². The molecule has 5 heteroatoms. The zero-order valence-corrected chi connectivity index (χ0v) is 13.4. The summed E-state index contributed by atoms with van der Waals surface area (Å²) in [7, 11) is 0. The molecular weight excluding hydrogens is 286 g/mol. The van der Waals surface area contributed by atoms with E-state index in [4.69, 9.17) is 0 Å². The van der Waals surface area contributed by atoms with Crippen LogP contribution in [0.2, 0.25) is 0 Å². The van der Waals surface area contributed by atoms with E-state index in [9.17, 15) is 4.79 Å². The van der Waals surface area contributed by atoms with Crippen molar-refractivity contribution in [1.29, 1.82) is 0 Å². The molecule has 0 bridgehead atoms. The summed E-state index contributed by atoms with van der Waals surface area (Å²) in [6.07, 6.45) is 1.24. The van der Waals surface area contributed by atoms with Crippen molar-refractivity contribution in [3.63, 3.8) is 0 Å². The Hall–Kier alpha value is -1.10. The van der Waals surface area contributed by atoms with E-state index in [1.807, 2.05) is 36.1 Å². The van der Waals surface area contributed by atoms with E-state index in [1.54, 1.807) is 0 Å². The summed E-state index contributed by atoms with van der Waals surface area (Å²) >= 11 is 0. The fraction of sp³-hybridized carbons (Fsp3) is 0.562. The van der Waals surface area contributed by atoms with Crippen LogP contribution in [0, 0.1) is 6.92 Å². The molecule has 4 nitrogen and oxygen atoms in total. The van der Waals surface area contributed by atoms with Gasteiger partial charge in [0.25, 0.3) is 5.91 Å². The van der Waals surface area contributed by atoms with Gasteiger partial charge in [-0.15, -0.1) is 12.4 Å². The highest BCUT2D eigenvalue weighted by Gasteiger charge is 2.28. The molecule has 1 N–H and O–H groups in total. The van der Waals surface area contributed by atoms with E-state index in [0.29, 0.717) is 6.04 Å². The van der Waals surface area contributed by atoms with Gasteiger partial charge in [-0.1, -0.05) is 17.7 Å². The predicted octanol–water partition coefficient (Wildman–Crippen LogP) is 1.54. The van der Waals surface area contributed by atoms with Crippen molar-refractivity contribution in [2.45, 2.75) is 19.4 Å². The number of amides is 1. The number of hydrogen-bond donors (Lipinski definition) is 1. The maximum atomic E-state index is 12.5. The molecule has 2 fully saturated rings. The molecule has 1 amide bonds. The van der Waals surface area contributed by atoms with Crippen LogP contribution in [0.4, 0.5) is 0 Å². The van der Waals surface area contributed by atoms with Crippen LogP contribution in [-0.2, 0) is 0 Å². The summed E-state index contributed by atoms with van der Waals surface area (Å²) in [4.78, 5) is 17.0. The fourth-order valence-corrected chi connectivity index (χ4v) is 3.20. The Bertz CT molecular complexity index is 480. The van der Waals surface area contributed by atoms with Crippen LogP contribution in [0.5, 0.6) is 0 Å². The van der Waals surface area contributed by atoms with Gasteiger partial charge < -0.3 is 10.2 Å². The van der Waals surface area contributed by atoms with Crippen molar-refractivity contribution in [1.82, 2.24) is 15.1 Å². The number of halogens is 1. The van der Waals surface area contributed by atoms with Gasteiger partial charge in [-0.3, -0.25) is 9.69 Å². The Morgan fingerprint density at radius 1 is 1.24 bits per heavy atom. The summed E-state index contributed by atoms with van der Waals surface area (Å²) in [5.41, 5.74) is 1.97. The third-order valence-corrected chi connectivity index (χ3v) is 4.42. The maximum Gasteiger partial charge on any atom is 0.253 e. The lowest BCUT2D eigenvalue weighted by atomic mass is 10.1. The molecule has 1 aromatic rings. The number of hydrogen-bond acceptors (Lipinski definition) is 3. The van der Waals surface area contributed by atoms with E-state index >= 15 is 0 Å². The molecular formula is C16H24ClN3O. The van der Waals surface area contributed by atoms with Crippen LogP contribution in [0.1, 0.15) is 22.3 Å². The molecule has 2 aliphatic rings. The number of carbonyl (C=O) groups is 1. The van der Waals surface area contributed by atoms with Gasteiger partial charge >= 0.3 is 0 Å². The minimum Gasteiger partial charge on any atom is -0.336 e. The molecule has 0 saturated carbocycles. The predicted molar refractivity (Wildman–Crippen MR) is 87.2 cm³/mol. The smallest absolute Gasteiger partial charge is 0.253 e. The van der Waals surface area contributed by atoms with Crippen LogP contribution in [0.25, 0.3) is 0 Å². The largest absolute Gasteiger partial charge is 0.336 e. The van der Waals surface area contributed by atoms with Crippen LogP contribution < -0.4 is 5.32 Å². The summed E-state index contributed by atoms with van der Waals surface area (Å²) in [6, 6.07) is 8.56. The second kappa shape index (κ2) is 7.25. The topological polar surface area (TPSA) is 35.6 Å². The SMILES string of the molecule is Cc1cccc(C(=O)N2CCN(C3CCNC3)CC2)c1.Cl. The molecule has 0 aromatic heterocycles. The number of carbonyl (C=O) groups excluding carboxylic acids is 1. The third kappa shape index (κ3) is 3.76. The van der Waals surface area contributed by atoms with Crippen LogP contribution in [0.3, 0.4) is 0 Å². The van der Waals surface area contributed by atoms with Crippen LogP contribution >= 0.6 is 12.4 Å². The highest BCUT2D eigenvalue weighted by Crippen LogP contribution is 2.14. The van der Waals surface area contributed by atoms with Crippen molar-refractivity contribution >= 4 is 18.3 Å². The Labute approximate surface area is 132 Å². The highest BCUT2D eigenvalue weighted by atomic mass is 35.5. The minimum absolute atomic E-state index is 0.